The summed E-state index contributed by atoms with van der Waals surface area (Å²) in [6, 6.07) is 21.0. The summed E-state index contributed by atoms with van der Waals surface area (Å²) in [6.45, 7) is 12.7. The highest BCUT2D eigenvalue weighted by molar-refractivity contribution is 5.82. The second-order valence-electron chi connectivity index (χ2n) is 10.1. The summed E-state index contributed by atoms with van der Waals surface area (Å²) in [7, 11) is 1.68. The Morgan fingerprint density at radius 3 is 1.36 bits per heavy atom. The zero-order chi connectivity index (χ0) is 38.7. The highest BCUT2D eigenvalue weighted by Crippen LogP contribution is 2.27. The van der Waals surface area contributed by atoms with E-state index in [1.807, 2.05) is 19.1 Å². The topological polar surface area (TPSA) is 170 Å². The molecular weight excluding hydrogens is 682 g/mol. The van der Waals surface area contributed by atoms with Crippen LogP contribution in [0.1, 0.15) is 50.8 Å². The summed E-state index contributed by atoms with van der Waals surface area (Å²) in [6.07, 6.45) is 6.08. The largest absolute Gasteiger partial charge is 0.466 e. The van der Waals surface area contributed by atoms with E-state index in [-0.39, 0.29) is 37.1 Å². The monoisotopic (exact) mass is 727 g/mol. The maximum absolute atomic E-state index is 11.5. The molecule has 1 aromatic heterocycles. The molecule has 0 aliphatic carbocycles. The van der Waals surface area contributed by atoms with Crippen LogP contribution in [0.4, 0.5) is 0 Å². The maximum atomic E-state index is 11.5. The minimum atomic E-state index is -0.393. The van der Waals surface area contributed by atoms with Gasteiger partial charge in [-0.15, -0.1) is 15.0 Å². The second-order valence-corrected chi connectivity index (χ2v) is 10.1. The number of esters is 2. The molecule has 0 radical (unpaired) electrons. The molecule has 1 heterocycles. The minimum absolute atomic E-state index is 0.0401. The van der Waals surface area contributed by atoms with E-state index in [4.69, 9.17) is 18.9 Å². The van der Waals surface area contributed by atoms with E-state index in [0.717, 1.165) is 29.6 Å². The first kappa shape index (κ1) is 42.9. The van der Waals surface area contributed by atoms with Gasteiger partial charge >= 0.3 is 30.0 Å². The number of carbonyl (C=O) groups excluding carboxylic acids is 3. The number of benzene rings is 3. The van der Waals surface area contributed by atoms with E-state index in [2.05, 4.69) is 41.0 Å². The lowest BCUT2D eigenvalue weighted by Crippen LogP contribution is -2.07. The fourth-order valence-electron chi connectivity index (χ4n) is 3.59. The third-order valence-corrected chi connectivity index (χ3v) is 6.15. The van der Waals surface area contributed by atoms with Gasteiger partial charge in [0.1, 0.15) is 30.1 Å². The van der Waals surface area contributed by atoms with Crippen LogP contribution in [0.2, 0.25) is 0 Å². The van der Waals surface area contributed by atoms with Gasteiger partial charge in [-0.25, -0.2) is 0 Å². The number of aliphatic imine (C=N–C) groups is 2. The van der Waals surface area contributed by atoms with Crippen LogP contribution in [0.15, 0.2) is 89.4 Å². The number of nitrogens with zero attached hydrogens (tertiary/aromatic N) is 5. The van der Waals surface area contributed by atoms with Gasteiger partial charge in [0, 0.05) is 32.6 Å². The number of hydrogen-bond donors (Lipinski definition) is 0. The number of aromatic nitrogens is 3. The molecule has 0 unspecified atom stereocenters. The molecule has 3 aromatic carbocycles. The van der Waals surface area contributed by atoms with Gasteiger partial charge in [0.15, 0.2) is 0 Å². The van der Waals surface area contributed by atoms with Crippen LogP contribution in [0.5, 0.6) is 35.3 Å². The van der Waals surface area contributed by atoms with Crippen LogP contribution < -0.4 is 14.2 Å². The lowest BCUT2D eigenvalue weighted by atomic mass is 10.2. The SMILES string of the molecule is C=Cc1ccc(Oc2nc(Oc3ccc(C=NCC=O)cc3)nc(Oc3ccc(C=NCC(=O)OCC)cc3)n2)cc1.CCOC.CCOC(=O)CC. The predicted octanol–water partition coefficient (Wildman–Crippen LogP) is 7.10. The highest BCUT2D eigenvalue weighted by Gasteiger charge is 2.13. The van der Waals surface area contributed by atoms with Crippen molar-refractivity contribution >= 4 is 36.7 Å². The molecule has 0 aliphatic heterocycles. The molecule has 0 spiro atoms. The number of rotatable bonds is 17. The van der Waals surface area contributed by atoms with Crippen LogP contribution in [0.3, 0.4) is 0 Å². The molecule has 14 heteroatoms. The summed E-state index contributed by atoms with van der Waals surface area (Å²) >= 11 is 0. The van der Waals surface area contributed by atoms with Crippen molar-refractivity contribution in [2.75, 3.05) is 40.0 Å². The van der Waals surface area contributed by atoms with Gasteiger partial charge in [0.05, 0.1) is 19.8 Å². The molecule has 0 saturated carbocycles. The van der Waals surface area contributed by atoms with E-state index in [0.29, 0.717) is 36.9 Å². The number of carbonyl (C=O) groups is 3. The normalized spacial score (nSPS) is 10.3. The molecule has 0 aliphatic rings. The summed E-state index contributed by atoms with van der Waals surface area (Å²) < 4.78 is 31.5. The summed E-state index contributed by atoms with van der Waals surface area (Å²) in [5.74, 6) is 0.870. The Balaban J connectivity index is 0.000000771. The Kier molecular flexibility index (Phi) is 20.7. The van der Waals surface area contributed by atoms with E-state index < -0.39 is 5.97 Å². The third kappa shape index (κ3) is 18.0. The minimum Gasteiger partial charge on any atom is -0.466 e. The zero-order valence-electron chi connectivity index (χ0n) is 30.6. The average molecular weight is 728 g/mol. The Morgan fingerprint density at radius 1 is 0.623 bits per heavy atom. The molecule has 0 saturated heterocycles. The third-order valence-electron chi connectivity index (χ3n) is 6.15. The van der Waals surface area contributed by atoms with Gasteiger partial charge in [-0.1, -0.05) is 31.7 Å². The molecule has 0 amide bonds. The zero-order valence-corrected chi connectivity index (χ0v) is 30.6. The fourth-order valence-corrected chi connectivity index (χ4v) is 3.59. The van der Waals surface area contributed by atoms with Gasteiger partial charge in [-0.05, 0) is 98.1 Å². The molecule has 4 aromatic rings. The molecule has 14 nitrogen and oxygen atoms in total. The van der Waals surface area contributed by atoms with Crippen molar-refractivity contribution in [2.24, 2.45) is 9.98 Å². The number of hydrogen-bond acceptors (Lipinski definition) is 14. The first-order valence-electron chi connectivity index (χ1n) is 16.7. The maximum Gasteiger partial charge on any atom is 0.331 e. The predicted molar refractivity (Wildman–Crippen MR) is 202 cm³/mol. The van der Waals surface area contributed by atoms with Gasteiger partial charge in [-0.2, -0.15) is 0 Å². The van der Waals surface area contributed by atoms with Gasteiger partial charge in [-0.3, -0.25) is 19.6 Å². The lowest BCUT2D eigenvalue weighted by molar-refractivity contribution is -0.143. The van der Waals surface area contributed by atoms with Crippen molar-refractivity contribution < 1.29 is 42.8 Å². The first-order chi connectivity index (χ1) is 25.8. The Labute approximate surface area is 309 Å². The summed E-state index contributed by atoms with van der Waals surface area (Å²) in [5, 5.41) is 0. The van der Waals surface area contributed by atoms with Crippen LogP contribution in [-0.4, -0.2) is 85.6 Å². The van der Waals surface area contributed by atoms with Crippen LogP contribution >= 0.6 is 0 Å². The highest BCUT2D eigenvalue weighted by atomic mass is 16.5. The molecule has 280 valence electrons. The Bertz CT molecular complexity index is 1740. The molecule has 0 bridgehead atoms. The second kappa shape index (κ2) is 25.6. The quantitative estimate of drug-likeness (QED) is 0.0615. The molecule has 4 rings (SSSR count). The summed E-state index contributed by atoms with van der Waals surface area (Å²) in [5.41, 5.74) is 2.49. The number of methoxy groups -OCH3 is 1. The molecule has 53 heavy (non-hydrogen) atoms. The van der Waals surface area contributed by atoms with E-state index >= 15 is 0 Å². The van der Waals surface area contributed by atoms with Crippen LogP contribution in [0, 0.1) is 0 Å². The Morgan fingerprint density at radius 2 is 1.02 bits per heavy atom. The smallest absolute Gasteiger partial charge is 0.331 e. The number of aldehydes is 1. The van der Waals surface area contributed by atoms with Crippen molar-refractivity contribution in [1.29, 1.82) is 0 Å². The van der Waals surface area contributed by atoms with Crippen molar-refractivity contribution in [3.8, 4) is 35.3 Å². The van der Waals surface area contributed by atoms with E-state index in [1.54, 1.807) is 107 Å². The van der Waals surface area contributed by atoms with Crippen LogP contribution in [0.25, 0.3) is 6.08 Å². The van der Waals surface area contributed by atoms with Gasteiger partial charge < -0.3 is 33.2 Å². The number of ether oxygens (including phenoxy) is 6. The molecule has 0 fully saturated rings. The van der Waals surface area contributed by atoms with Gasteiger partial charge in [0.25, 0.3) is 0 Å². The van der Waals surface area contributed by atoms with Crippen molar-refractivity contribution in [3.63, 3.8) is 0 Å². The molecule has 0 atom stereocenters. The van der Waals surface area contributed by atoms with Crippen molar-refractivity contribution in [1.82, 2.24) is 15.0 Å². The van der Waals surface area contributed by atoms with Crippen LogP contribution in [-0.2, 0) is 28.6 Å². The molecular formula is C39H45N5O9. The average Bonchev–Trinajstić information content (AvgIpc) is 3.17. The Hall–Kier alpha value is -6.28. The first-order valence-corrected chi connectivity index (χ1v) is 16.7. The lowest BCUT2D eigenvalue weighted by Gasteiger charge is -2.10. The summed E-state index contributed by atoms with van der Waals surface area (Å²) in [4.78, 5) is 53.0. The molecule has 0 N–H and O–H groups in total. The van der Waals surface area contributed by atoms with Crippen molar-refractivity contribution in [3.05, 3.63) is 96.1 Å². The fraction of sp³-hybridized carbons (Fsp3) is 0.282. The van der Waals surface area contributed by atoms with Gasteiger partial charge in [0.2, 0.25) is 0 Å². The van der Waals surface area contributed by atoms with E-state index in [9.17, 15) is 14.4 Å². The standard InChI is InChI=1S/C31H27N5O6.C5H10O2.C3H8O/c1-3-22-5-11-25(12-6-22)40-29-34-30(41-26-13-7-23(8-14-26)19-32-17-18-37)36-31(35-29)42-27-15-9-24(10-16-27)20-33-21-28(38)39-4-2;1-3-5(6)7-4-2;1-3-4-2/h3,5-16,18-20H,1,4,17,21H2,2H3;3-4H2,1-2H3;3H2,1-2H3. The van der Waals surface area contributed by atoms with E-state index in [1.165, 1.54) is 0 Å². The van der Waals surface area contributed by atoms with Crippen molar-refractivity contribution in [2.45, 2.75) is 34.1 Å².